The number of carbonyl (C=O) groups excluding carboxylic acids is 1. The Kier molecular flexibility index (Phi) is 6.05. The number of hydrogen-bond donors (Lipinski definition) is 1. The predicted molar refractivity (Wildman–Crippen MR) is 128 cm³/mol. The molecule has 0 atom stereocenters. The van der Waals surface area contributed by atoms with Gasteiger partial charge in [0.1, 0.15) is 12.1 Å². The molecule has 9 heteroatoms. The fourth-order valence-corrected chi connectivity index (χ4v) is 4.05. The van der Waals surface area contributed by atoms with Crippen LogP contribution in [0.1, 0.15) is 16.8 Å². The van der Waals surface area contributed by atoms with E-state index in [0.717, 1.165) is 5.56 Å². The Balaban J connectivity index is 1.35. The molecule has 0 unspecified atom stereocenters. The number of carbonyl (C=O) groups is 1. The lowest BCUT2D eigenvalue weighted by atomic mass is 10.1. The number of aryl methyl sites for hydroxylation is 2. The van der Waals surface area contributed by atoms with E-state index >= 15 is 0 Å². The van der Waals surface area contributed by atoms with Gasteiger partial charge in [0.15, 0.2) is 11.5 Å². The van der Waals surface area contributed by atoms with E-state index in [0.29, 0.717) is 47.1 Å². The molecule has 1 aliphatic heterocycles. The Morgan fingerprint density at radius 1 is 1.06 bits per heavy atom. The zero-order valence-electron chi connectivity index (χ0n) is 19.4. The van der Waals surface area contributed by atoms with Crippen LogP contribution in [-0.2, 0) is 17.8 Å². The first-order chi connectivity index (χ1) is 17.0. The maximum atomic E-state index is 13.4. The summed E-state index contributed by atoms with van der Waals surface area (Å²) in [6.45, 7) is 4.14. The second-order valence-corrected chi connectivity index (χ2v) is 8.31. The Labute approximate surface area is 201 Å². The van der Waals surface area contributed by atoms with Crippen LogP contribution in [0.2, 0.25) is 0 Å². The van der Waals surface area contributed by atoms with Gasteiger partial charge < -0.3 is 23.9 Å². The molecule has 1 N–H and O–H groups in total. The van der Waals surface area contributed by atoms with Gasteiger partial charge in [0.2, 0.25) is 18.5 Å². The van der Waals surface area contributed by atoms with Gasteiger partial charge in [-0.2, -0.15) is 4.98 Å². The molecule has 9 nitrogen and oxygen atoms in total. The third-order valence-electron chi connectivity index (χ3n) is 5.86. The van der Waals surface area contributed by atoms with Gasteiger partial charge in [0, 0.05) is 17.8 Å². The van der Waals surface area contributed by atoms with Crippen LogP contribution in [0.5, 0.6) is 11.5 Å². The van der Waals surface area contributed by atoms with E-state index in [9.17, 15) is 9.59 Å². The Hall–Kier alpha value is -4.40. The monoisotopic (exact) mass is 472 g/mol. The SMILES string of the molecule is Cc1cc(C)n(CC(=O)NCCc2ccccc2)c(=O)c1-c1nc(-c2ccc3c(c2)OCO3)no1. The number of amides is 1. The maximum absolute atomic E-state index is 13.4. The second-order valence-electron chi connectivity index (χ2n) is 8.31. The maximum Gasteiger partial charge on any atom is 0.264 e. The number of rotatable bonds is 7. The summed E-state index contributed by atoms with van der Waals surface area (Å²) in [7, 11) is 0. The first kappa shape index (κ1) is 22.4. The van der Waals surface area contributed by atoms with E-state index in [1.807, 2.05) is 36.4 Å². The van der Waals surface area contributed by atoms with Crippen molar-refractivity contribution in [3.05, 3.63) is 81.8 Å². The Morgan fingerprint density at radius 3 is 2.69 bits per heavy atom. The molecule has 0 aliphatic carbocycles. The number of pyridine rings is 1. The minimum absolute atomic E-state index is 0.0957. The van der Waals surface area contributed by atoms with Crippen molar-refractivity contribution in [3.63, 3.8) is 0 Å². The molecule has 0 fully saturated rings. The smallest absolute Gasteiger partial charge is 0.264 e. The summed E-state index contributed by atoms with van der Waals surface area (Å²) in [6.07, 6.45) is 0.713. The molecule has 2 aromatic heterocycles. The molecule has 1 aliphatic rings. The fourth-order valence-electron chi connectivity index (χ4n) is 4.05. The van der Waals surface area contributed by atoms with Gasteiger partial charge in [-0.1, -0.05) is 35.5 Å². The van der Waals surface area contributed by atoms with Gasteiger partial charge >= 0.3 is 0 Å². The first-order valence-electron chi connectivity index (χ1n) is 11.3. The highest BCUT2D eigenvalue weighted by molar-refractivity contribution is 5.76. The average molecular weight is 473 g/mol. The van der Waals surface area contributed by atoms with Gasteiger partial charge in [-0.25, -0.2) is 0 Å². The highest BCUT2D eigenvalue weighted by Gasteiger charge is 2.21. The van der Waals surface area contributed by atoms with Crippen molar-refractivity contribution in [2.75, 3.05) is 13.3 Å². The van der Waals surface area contributed by atoms with Gasteiger partial charge in [0.05, 0.1) is 0 Å². The van der Waals surface area contributed by atoms with E-state index in [4.69, 9.17) is 14.0 Å². The second kappa shape index (κ2) is 9.46. The van der Waals surface area contributed by atoms with Crippen LogP contribution in [0.4, 0.5) is 0 Å². The summed E-state index contributed by atoms with van der Waals surface area (Å²) in [4.78, 5) is 30.4. The summed E-state index contributed by atoms with van der Waals surface area (Å²) in [5, 5.41) is 6.92. The van der Waals surface area contributed by atoms with E-state index in [1.54, 1.807) is 32.0 Å². The third-order valence-corrected chi connectivity index (χ3v) is 5.86. The van der Waals surface area contributed by atoms with Crippen molar-refractivity contribution >= 4 is 5.91 Å². The lowest BCUT2D eigenvalue weighted by molar-refractivity contribution is -0.121. The zero-order valence-corrected chi connectivity index (χ0v) is 19.4. The molecule has 0 radical (unpaired) electrons. The van der Waals surface area contributed by atoms with E-state index in [1.165, 1.54) is 4.57 Å². The molecule has 2 aromatic carbocycles. The van der Waals surface area contributed by atoms with Crippen molar-refractivity contribution in [1.82, 2.24) is 20.0 Å². The van der Waals surface area contributed by atoms with Crippen LogP contribution < -0.4 is 20.3 Å². The minimum atomic E-state index is -0.360. The number of nitrogens with one attached hydrogen (secondary N) is 1. The third kappa shape index (κ3) is 4.65. The quantitative estimate of drug-likeness (QED) is 0.440. The largest absolute Gasteiger partial charge is 0.454 e. The van der Waals surface area contributed by atoms with Crippen LogP contribution in [0.25, 0.3) is 22.8 Å². The minimum Gasteiger partial charge on any atom is -0.454 e. The molecule has 1 amide bonds. The number of benzene rings is 2. The summed E-state index contributed by atoms with van der Waals surface area (Å²) in [5.41, 5.74) is 3.08. The van der Waals surface area contributed by atoms with Crippen LogP contribution in [0, 0.1) is 13.8 Å². The van der Waals surface area contributed by atoms with Crippen molar-refractivity contribution in [3.8, 4) is 34.3 Å². The molecule has 178 valence electrons. The zero-order chi connectivity index (χ0) is 24.4. The molecule has 0 spiro atoms. The van der Waals surface area contributed by atoms with Crippen LogP contribution in [0.3, 0.4) is 0 Å². The number of aromatic nitrogens is 3. The predicted octanol–water partition coefficient (Wildman–Crippen LogP) is 3.27. The Bertz CT molecular complexity index is 1440. The van der Waals surface area contributed by atoms with Crippen molar-refractivity contribution in [2.24, 2.45) is 0 Å². The van der Waals surface area contributed by atoms with Crippen LogP contribution >= 0.6 is 0 Å². The standard InChI is InChI=1S/C26H24N4O5/c1-16-12-17(2)30(14-22(31)27-11-10-18-6-4-3-5-7-18)26(32)23(16)25-28-24(29-35-25)19-8-9-20-21(13-19)34-15-33-20/h3-9,12-13H,10-11,14-15H2,1-2H3,(H,27,31). The normalized spacial score (nSPS) is 12.1. The number of hydrogen-bond acceptors (Lipinski definition) is 7. The summed E-state index contributed by atoms with van der Waals surface area (Å²) >= 11 is 0. The highest BCUT2D eigenvalue weighted by atomic mass is 16.7. The summed E-state index contributed by atoms with van der Waals surface area (Å²) < 4.78 is 17.6. The number of ether oxygens (including phenoxy) is 2. The van der Waals surface area contributed by atoms with Crippen LogP contribution in [-0.4, -0.2) is 34.0 Å². The van der Waals surface area contributed by atoms with Gasteiger partial charge in [-0.3, -0.25) is 9.59 Å². The summed E-state index contributed by atoms with van der Waals surface area (Å²) in [5.74, 6) is 1.42. The van der Waals surface area contributed by atoms with Gasteiger partial charge in [0.25, 0.3) is 11.4 Å². The molecule has 0 saturated heterocycles. The van der Waals surface area contributed by atoms with Crippen molar-refractivity contribution in [2.45, 2.75) is 26.8 Å². The Morgan fingerprint density at radius 2 is 1.86 bits per heavy atom. The van der Waals surface area contributed by atoms with Crippen molar-refractivity contribution in [1.29, 1.82) is 0 Å². The highest BCUT2D eigenvalue weighted by Crippen LogP contribution is 2.35. The molecule has 0 bridgehead atoms. The van der Waals surface area contributed by atoms with Gasteiger partial charge in [-0.15, -0.1) is 0 Å². The lowest BCUT2D eigenvalue weighted by Gasteiger charge is -2.13. The molecular formula is C26H24N4O5. The average Bonchev–Trinajstić information content (AvgIpc) is 3.52. The fraction of sp³-hybridized carbons (Fsp3) is 0.231. The molecule has 0 saturated carbocycles. The molecular weight excluding hydrogens is 448 g/mol. The number of nitrogens with zero attached hydrogens (tertiary/aromatic N) is 3. The van der Waals surface area contributed by atoms with E-state index in [2.05, 4.69) is 15.5 Å². The van der Waals surface area contributed by atoms with Crippen LogP contribution in [0.15, 0.2) is 63.9 Å². The molecule has 35 heavy (non-hydrogen) atoms. The van der Waals surface area contributed by atoms with Crippen molar-refractivity contribution < 1.29 is 18.8 Å². The van der Waals surface area contributed by atoms with Gasteiger partial charge in [-0.05, 0) is 55.7 Å². The number of fused-ring (bicyclic) bond motifs is 1. The van der Waals surface area contributed by atoms with E-state index < -0.39 is 0 Å². The topological polar surface area (TPSA) is 108 Å². The molecule has 4 aromatic rings. The lowest BCUT2D eigenvalue weighted by Crippen LogP contribution is -2.35. The van der Waals surface area contributed by atoms with E-state index in [-0.39, 0.29) is 36.3 Å². The molecule has 5 rings (SSSR count). The first-order valence-corrected chi connectivity index (χ1v) is 11.3. The molecule has 3 heterocycles. The summed E-state index contributed by atoms with van der Waals surface area (Å²) in [6, 6.07) is 17.1.